The number of carbonyl (C=O) groups excluding carboxylic acids is 1. The summed E-state index contributed by atoms with van der Waals surface area (Å²) in [5, 5.41) is 3.32. The Morgan fingerprint density at radius 1 is 1.36 bits per heavy atom. The van der Waals surface area contributed by atoms with Gasteiger partial charge in [-0.3, -0.25) is 4.79 Å². The number of rotatable bonds is 6. The van der Waals surface area contributed by atoms with E-state index in [-0.39, 0.29) is 24.6 Å². The van der Waals surface area contributed by atoms with Crippen LogP contribution >= 0.6 is 0 Å². The highest BCUT2D eigenvalue weighted by molar-refractivity contribution is 5.78. The second kappa shape index (κ2) is 7.63. The van der Waals surface area contributed by atoms with Crippen molar-refractivity contribution in [1.82, 2.24) is 10.2 Å². The van der Waals surface area contributed by atoms with E-state index >= 15 is 0 Å². The second-order valence-corrected chi connectivity index (χ2v) is 6.56. The maximum Gasteiger partial charge on any atom is 0.261 e. The monoisotopic (exact) mass is 304 g/mol. The first kappa shape index (κ1) is 16.8. The van der Waals surface area contributed by atoms with E-state index in [0.29, 0.717) is 5.92 Å². The highest BCUT2D eigenvalue weighted by atomic mass is 16.5. The molecule has 1 unspecified atom stereocenters. The van der Waals surface area contributed by atoms with Crippen LogP contribution in [0.3, 0.4) is 0 Å². The van der Waals surface area contributed by atoms with Gasteiger partial charge in [-0.15, -0.1) is 0 Å². The maximum atomic E-state index is 12.5. The lowest BCUT2D eigenvalue weighted by atomic mass is 10.0. The van der Waals surface area contributed by atoms with E-state index in [0.717, 1.165) is 25.3 Å². The van der Waals surface area contributed by atoms with Gasteiger partial charge in [0.1, 0.15) is 5.75 Å². The lowest BCUT2D eigenvalue weighted by Crippen LogP contribution is -2.47. The molecule has 0 aromatic heterocycles. The van der Waals surface area contributed by atoms with Crippen LogP contribution in [-0.4, -0.2) is 42.6 Å². The Morgan fingerprint density at radius 2 is 2.14 bits per heavy atom. The summed E-state index contributed by atoms with van der Waals surface area (Å²) in [6.45, 7) is 10.4. The maximum absolute atomic E-state index is 12.5. The van der Waals surface area contributed by atoms with Gasteiger partial charge < -0.3 is 15.0 Å². The van der Waals surface area contributed by atoms with E-state index in [4.69, 9.17) is 4.74 Å². The lowest BCUT2D eigenvalue weighted by Gasteiger charge is -2.32. The number of hydrogen-bond donors (Lipinski definition) is 1. The molecule has 1 aromatic carbocycles. The normalized spacial score (nSPS) is 18.0. The fourth-order valence-electron chi connectivity index (χ4n) is 2.97. The van der Waals surface area contributed by atoms with Crippen LogP contribution in [0.4, 0.5) is 0 Å². The van der Waals surface area contributed by atoms with Gasteiger partial charge >= 0.3 is 0 Å². The first-order chi connectivity index (χ1) is 10.5. The van der Waals surface area contributed by atoms with Crippen molar-refractivity contribution in [3.8, 4) is 5.75 Å². The summed E-state index contributed by atoms with van der Waals surface area (Å²) < 4.78 is 5.74. The molecular formula is C18H28N2O2. The third-order valence-corrected chi connectivity index (χ3v) is 4.16. The lowest BCUT2D eigenvalue weighted by molar-refractivity contribution is -0.137. The standard InChI is InChI=1S/C18H28N2O2/c1-13(2)15-6-5-7-17(10-15)22-12-18(21)20(14(3)4)16-8-9-19-11-16/h5-7,10,13-14,16,19H,8-9,11-12H2,1-4H3. The Hall–Kier alpha value is -1.55. The molecule has 1 N–H and O–H groups in total. The van der Waals surface area contributed by atoms with Crippen LogP contribution in [0.1, 0.15) is 45.6 Å². The Labute approximate surface area is 133 Å². The van der Waals surface area contributed by atoms with Crippen molar-refractivity contribution in [2.24, 2.45) is 0 Å². The van der Waals surface area contributed by atoms with Crippen LogP contribution in [0, 0.1) is 0 Å². The van der Waals surface area contributed by atoms with E-state index in [1.54, 1.807) is 0 Å². The summed E-state index contributed by atoms with van der Waals surface area (Å²) in [6.07, 6.45) is 1.02. The summed E-state index contributed by atoms with van der Waals surface area (Å²) in [4.78, 5) is 14.5. The van der Waals surface area contributed by atoms with E-state index < -0.39 is 0 Å². The van der Waals surface area contributed by atoms with Gasteiger partial charge in [0.15, 0.2) is 6.61 Å². The Bertz CT molecular complexity index is 494. The van der Waals surface area contributed by atoms with Crippen molar-refractivity contribution in [2.45, 2.75) is 52.1 Å². The number of carbonyl (C=O) groups is 1. The molecule has 1 aliphatic heterocycles. The molecule has 0 saturated carbocycles. The molecule has 0 radical (unpaired) electrons. The largest absolute Gasteiger partial charge is 0.484 e. The minimum absolute atomic E-state index is 0.0682. The minimum atomic E-state index is 0.0682. The molecule has 1 amide bonds. The molecule has 1 fully saturated rings. The van der Waals surface area contributed by atoms with Gasteiger partial charge in [-0.1, -0.05) is 26.0 Å². The van der Waals surface area contributed by atoms with Gasteiger partial charge in [0.05, 0.1) is 0 Å². The molecule has 0 spiro atoms. The topological polar surface area (TPSA) is 41.6 Å². The van der Waals surface area contributed by atoms with Crippen molar-refractivity contribution in [2.75, 3.05) is 19.7 Å². The Balaban J connectivity index is 1.97. The Morgan fingerprint density at radius 3 is 2.73 bits per heavy atom. The highest BCUT2D eigenvalue weighted by Crippen LogP contribution is 2.20. The zero-order chi connectivity index (χ0) is 16.1. The molecule has 1 aromatic rings. The summed E-state index contributed by atoms with van der Waals surface area (Å²) >= 11 is 0. The van der Waals surface area contributed by atoms with Crippen molar-refractivity contribution >= 4 is 5.91 Å². The fraction of sp³-hybridized carbons (Fsp3) is 0.611. The first-order valence-electron chi connectivity index (χ1n) is 8.23. The van der Waals surface area contributed by atoms with Crippen LogP contribution in [-0.2, 0) is 4.79 Å². The van der Waals surface area contributed by atoms with Crippen molar-refractivity contribution in [3.05, 3.63) is 29.8 Å². The summed E-state index contributed by atoms with van der Waals surface area (Å²) in [5.74, 6) is 1.29. The molecule has 4 nitrogen and oxygen atoms in total. The predicted octanol–water partition coefficient (Wildman–Crippen LogP) is 2.79. The van der Waals surface area contributed by atoms with Crippen molar-refractivity contribution < 1.29 is 9.53 Å². The van der Waals surface area contributed by atoms with Crippen LogP contribution in [0.2, 0.25) is 0 Å². The van der Waals surface area contributed by atoms with Crippen LogP contribution < -0.4 is 10.1 Å². The van der Waals surface area contributed by atoms with Gasteiger partial charge in [-0.05, 0) is 50.4 Å². The summed E-state index contributed by atoms with van der Waals surface area (Å²) in [6, 6.07) is 8.49. The molecule has 1 saturated heterocycles. The van der Waals surface area contributed by atoms with E-state index in [1.165, 1.54) is 5.56 Å². The van der Waals surface area contributed by atoms with Crippen molar-refractivity contribution in [1.29, 1.82) is 0 Å². The highest BCUT2D eigenvalue weighted by Gasteiger charge is 2.28. The van der Waals surface area contributed by atoms with Gasteiger partial charge in [-0.2, -0.15) is 0 Å². The van der Waals surface area contributed by atoms with E-state index in [1.807, 2.05) is 23.1 Å². The molecule has 2 rings (SSSR count). The zero-order valence-corrected chi connectivity index (χ0v) is 14.1. The summed E-state index contributed by atoms with van der Waals surface area (Å²) in [7, 11) is 0. The SMILES string of the molecule is CC(C)c1cccc(OCC(=O)N(C(C)C)C2CCNC2)c1. The molecule has 0 bridgehead atoms. The number of amides is 1. The third kappa shape index (κ3) is 4.23. The van der Waals surface area contributed by atoms with Crippen LogP contribution in [0.5, 0.6) is 5.75 Å². The smallest absolute Gasteiger partial charge is 0.261 e. The molecule has 4 heteroatoms. The van der Waals surface area contributed by atoms with Crippen molar-refractivity contribution in [3.63, 3.8) is 0 Å². The van der Waals surface area contributed by atoms with Gasteiger partial charge in [0, 0.05) is 18.6 Å². The minimum Gasteiger partial charge on any atom is -0.484 e. The number of ether oxygens (including phenoxy) is 1. The Kier molecular flexibility index (Phi) is 5.83. The molecule has 1 atom stereocenters. The van der Waals surface area contributed by atoms with Gasteiger partial charge in [0.25, 0.3) is 5.91 Å². The fourth-order valence-corrected chi connectivity index (χ4v) is 2.97. The number of nitrogens with zero attached hydrogens (tertiary/aromatic N) is 1. The van der Waals surface area contributed by atoms with Crippen LogP contribution in [0.25, 0.3) is 0 Å². The third-order valence-electron chi connectivity index (χ3n) is 4.16. The van der Waals surface area contributed by atoms with Gasteiger partial charge in [-0.25, -0.2) is 0 Å². The first-order valence-corrected chi connectivity index (χ1v) is 8.23. The van der Waals surface area contributed by atoms with E-state index in [9.17, 15) is 4.79 Å². The van der Waals surface area contributed by atoms with E-state index in [2.05, 4.69) is 39.1 Å². The molecule has 0 aliphatic carbocycles. The summed E-state index contributed by atoms with van der Waals surface area (Å²) in [5.41, 5.74) is 1.23. The number of hydrogen-bond acceptors (Lipinski definition) is 3. The average molecular weight is 304 g/mol. The van der Waals surface area contributed by atoms with Crippen LogP contribution in [0.15, 0.2) is 24.3 Å². The number of benzene rings is 1. The number of nitrogens with one attached hydrogen (secondary N) is 1. The molecule has 1 heterocycles. The quantitative estimate of drug-likeness (QED) is 0.878. The van der Waals surface area contributed by atoms with Gasteiger partial charge in [0.2, 0.25) is 0 Å². The molecule has 1 aliphatic rings. The average Bonchev–Trinajstić information content (AvgIpc) is 2.99. The zero-order valence-electron chi connectivity index (χ0n) is 14.1. The second-order valence-electron chi connectivity index (χ2n) is 6.56. The predicted molar refractivity (Wildman–Crippen MR) is 89.3 cm³/mol. The molecule has 22 heavy (non-hydrogen) atoms. The molecule has 122 valence electrons. The molecular weight excluding hydrogens is 276 g/mol.